The number of nitrogens with two attached hydrogens (primary N) is 1. The van der Waals surface area contributed by atoms with Crippen LogP contribution in [0.15, 0.2) is 6.07 Å². The van der Waals surface area contributed by atoms with Crippen molar-refractivity contribution in [3.8, 4) is 0 Å². The summed E-state index contributed by atoms with van der Waals surface area (Å²) in [7, 11) is 0. The second-order valence-corrected chi connectivity index (χ2v) is 4.82. The number of carbonyl (C=O) groups is 1. The van der Waals surface area contributed by atoms with E-state index in [1.807, 2.05) is 6.92 Å². The molecule has 1 heterocycles. The Morgan fingerprint density at radius 1 is 1.64 bits per heavy atom. The minimum absolute atomic E-state index is 0.0481. The molecule has 0 radical (unpaired) electrons. The van der Waals surface area contributed by atoms with Crippen molar-refractivity contribution in [1.82, 2.24) is 5.32 Å². The lowest BCUT2D eigenvalue weighted by Crippen LogP contribution is -2.32. The molecule has 3 nitrogen and oxygen atoms in total. The average Bonchev–Trinajstić information content (AvgIpc) is 2.45. The lowest BCUT2D eigenvalue weighted by Gasteiger charge is -2.12. The Balaban J connectivity index is 2.73. The highest BCUT2D eigenvalue weighted by Crippen LogP contribution is 2.25. The van der Waals surface area contributed by atoms with Crippen LogP contribution in [0, 0.1) is 13.8 Å². The van der Waals surface area contributed by atoms with Crippen molar-refractivity contribution in [2.24, 2.45) is 5.73 Å². The second-order valence-electron chi connectivity index (χ2n) is 3.36. The molecule has 1 aromatic rings. The highest BCUT2D eigenvalue weighted by molar-refractivity contribution is 7.12. The van der Waals surface area contributed by atoms with Gasteiger partial charge >= 0.3 is 0 Å². The maximum absolute atomic E-state index is 11.1. The van der Waals surface area contributed by atoms with E-state index in [2.05, 4.69) is 25.2 Å². The summed E-state index contributed by atoms with van der Waals surface area (Å²) in [5.41, 5.74) is 6.42. The number of amides is 1. The maximum atomic E-state index is 11.1. The molecule has 0 saturated heterocycles. The summed E-state index contributed by atoms with van der Waals surface area (Å²) in [6, 6.07) is 2.16. The van der Waals surface area contributed by atoms with E-state index in [-0.39, 0.29) is 18.5 Å². The van der Waals surface area contributed by atoms with Crippen LogP contribution < -0.4 is 11.1 Å². The first-order valence-electron chi connectivity index (χ1n) is 4.61. The van der Waals surface area contributed by atoms with Gasteiger partial charge in [-0.1, -0.05) is 0 Å². The van der Waals surface area contributed by atoms with E-state index in [9.17, 15) is 4.79 Å². The number of carbonyl (C=O) groups excluding carboxylic acids is 1. The molecule has 3 N–H and O–H groups in total. The quantitative estimate of drug-likeness (QED) is 0.797. The molecule has 1 rings (SSSR count). The Labute approximate surface area is 88.3 Å². The highest BCUT2D eigenvalue weighted by atomic mass is 32.1. The number of hydrogen-bond donors (Lipinski definition) is 2. The molecule has 1 amide bonds. The molecule has 0 bridgehead atoms. The zero-order valence-corrected chi connectivity index (χ0v) is 9.57. The molecule has 4 heteroatoms. The minimum atomic E-state index is -0.110. The molecule has 0 saturated carbocycles. The van der Waals surface area contributed by atoms with Crippen LogP contribution in [0.25, 0.3) is 0 Å². The van der Waals surface area contributed by atoms with Gasteiger partial charge in [-0.15, -0.1) is 11.3 Å². The van der Waals surface area contributed by atoms with Gasteiger partial charge in [0.25, 0.3) is 0 Å². The Morgan fingerprint density at radius 2 is 2.29 bits per heavy atom. The number of hydrogen-bond acceptors (Lipinski definition) is 3. The van der Waals surface area contributed by atoms with Crippen LogP contribution in [0.3, 0.4) is 0 Å². The van der Waals surface area contributed by atoms with E-state index in [0.717, 1.165) is 0 Å². The van der Waals surface area contributed by atoms with Crippen molar-refractivity contribution < 1.29 is 4.79 Å². The van der Waals surface area contributed by atoms with Crippen molar-refractivity contribution in [1.29, 1.82) is 0 Å². The maximum Gasteiger partial charge on any atom is 0.234 e. The highest BCUT2D eigenvalue weighted by Gasteiger charge is 2.12. The zero-order chi connectivity index (χ0) is 10.7. The fourth-order valence-corrected chi connectivity index (χ4v) is 2.48. The monoisotopic (exact) mass is 212 g/mol. The molecule has 14 heavy (non-hydrogen) atoms. The lowest BCUT2D eigenvalue weighted by molar-refractivity contribution is -0.120. The summed E-state index contributed by atoms with van der Waals surface area (Å²) >= 11 is 1.75. The molecular weight excluding hydrogens is 196 g/mol. The van der Waals surface area contributed by atoms with Gasteiger partial charge in [-0.25, -0.2) is 0 Å². The van der Waals surface area contributed by atoms with Crippen molar-refractivity contribution >= 4 is 17.2 Å². The fraction of sp³-hybridized carbons (Fsp3) is 0.500. The Kier molecular flexibility index (Phi) is 3.66. The van der Waals surface area contributed by atoms with Gasteiger partial charge in [0.15, 0.2) is 0 Å². The van der Waals surface area contributed by atoms with Crippen molar-refractivity contribution in [3.05, 3.63) is 21.4 Å². The van der Waals surface area contributed by atoms with Gasteiger partial charge in [0, 0.05) is 9.75 Å². The number of nitrogens with one attached hydrogen (secondary N) is 1. The Bertz CT molecular complexity index is 333. The molecule has 0 fully saturated rings. The summed E-state index contributed by atoms with van der Waals surface area (Å²) < 4.78 is 0. The molecule has 0 aliphatic heterocycles. The lowest BCUT2D eigenvalue weighted by atomic mass is 10.1. The third-order valence-electron chi connectivity index (χ3n) is 2.11. The summed E-state index contributed by atoms with van der Waals surface area (Å²) in [4.78, 5) is 13.6. The molecule has 1 atom stereocenters. The molecule has 0 aliphatic rings. The molecule has 1 unspecified atom stereocenters. The summed E-state index contributed by atoms with van der Waals surface area (Å²) in [5.74, 6) is -0.110. The Hall–Kier alpha value is -0.870. The minimum Gasteiger partial charge on any atom is -0.348 e. The van der Waals surface area contributed by atoms with Gasteiger partial charge in [-0.2, -0.15) is 0 Å². The van der Waals surface area contributed by atoms with Gasteiger partial charge < -0.3 is 11.1 Å². The predicted molar refractivity (Wildman–Crippen MR) is 59.4 cm³/mol. The molecule has 0 aliphatic carbocycles. The third-order valence-corrected chi connectivity index (χ3v) is 3.09. The molecule has 0 aromatic carbocycles. The first-order chi connectivity index (χ1) is 6.54. The zero-order valence-electron chi connectivity index (χ0n) is 8.76. The predicted octanol–water partition coefficient (Wildman–Crippen LogP) is 1.50. The van der Waals surface area contributed by atoms with E-state index in [1.165, 1.54) is 15.3 Å². The van der Waals surface area contributed by atoms with Crippen LogP contribution in [0.2, 0.25) is 0 Å². The van der Waals surface area contributed by atoms with Crippen molar-refractivity contribution in [2.75, 3.05) is 6.54 Å². The summed E-state index contributed by atoms with van der Waals surface area (Å²) in [6.07, 6.45) is 0. The Morgan fingerprint density at radius 3 is 2.71 bits per heavy atom. The molecular formula is C10H16N2OS. The van der Waals surface area contributed by atoms with Gasteiger partial charge in [-0.05, 0) is 32.4 Å². The number of aryl methyl sites for hydroxylation is 2. The van der Waals surface area contributed by atoms with Crippen LogP contribution in [0.4, 0.5) is 0 Å². The van der Waals surface area contributed by atoms with Crippen LogP contribution in [-0.4, -0.2) is 12.5 Å². The standard InChI is InChI=1S/C10H16N2OS/c1-6-4-9(8(3)14-6)7(2)12-10(13)5-11/h4,7H,5,11H2,1-3H3,(H,12,13). The normalized spacial score (nSPS) is 12.6. The SMILES string of the molecule is Cc1cc(C(C)NC(=O)CN)c(C)s1. The van der Waals surface area contributed by atoms with E-state index in [0.29, 0.717) is 0 Å². The smallest absolute Gasteiger partial charge is 0.234 e. The molecule has 1 aromatic heterocycles. The van der Waals surface area contributed by atoms with Crippen LogP contribution in [0.1, 0.15) is 28.3 Å². The first-order valence-corrected chi connectivity index (χ1v) is 5.42. The van der Waals surface area contributed by atoms with E-state index in [1.54, 1.807) is 11.3 Å². The fourth-order valence-electron chi connectivity index (χ4n) is 1.46. The largest absolute Gasteiger partial charge is 0.348 e. The summed E-state index contributed by atoms with van der Waals surface area (Å²) in [5, 5.41) is 2.84. The third kappa shape index (κ3) is 2.56. The van der Waals surface area contributed by atoms with Gasteiger partial charge in [-0.3, -0.25) is 4.79 Å². The van der Waals surface area contributed by atoms with Crippen molar-refractivity contribution in [3.63, 3.8) is 0 Å². The van der Waals surface area contributed by atoms with E-state index in [4.69, 9.17) is 5.73 Å². The molecule has 0 spiro atoms. The van der Waals surface area contributed by atoms with Crippen LogP contribution in [0.5, 0.6) is 0 Å². The molecule has 78 valence electrons. The van der Waals surface area contributed by atoms with E-state index >= 15 is 0 Å². The number of thiophene rings is 1. The average molecular weight is 212 g/mol. The summed E-state index contributed by atoms with van der Waals surface area (Å²) in [6.45, 7) is 6.16. The van der Waals surface area contributed by atoms with E-state index < -0.39 is 0 Å². The van der Waals surface area contributed by atoms with Gasteiger partial charge in [0.05, 0.1) is 12.6 Å². The van der Waals surface area contributed by atoms with Gasteiger partial charge in [0.2, 0.25) is 5.91 Å². The number of rotatable bonds is 3. The van der Waals surface area contributed by atoms with Crippen molar-refractivity contribution in [2.45, 2.75) is 26.8 Å². The second kappa shape index (κ2) is 4.57. The van der Waals surface area contributed by atoms with Crippen LogP contribution >= 0.6 is 11.3 Å². The van der Waals surface area contributed by atoms with Crippen LogP contribution in [-0.2, 0) is 4.79 Å². The first kappa shape index (κ1) is 11.2. The van der Waals surface area contributed by atoms with Gasteiger partial charge in [0.1, 0.15) is 0 Å². The topological polar surface area (TPSA) is 55.1 Å².